The summed E-state index contributed by atoms with van der Waals surface area (Å²) >= 11 is 0. The Morgan fingerprint density at radius 1 is 1.38 bits per heavy atom. The van der Waals surface area contributed by atoms with Crippen molar-refractivity contribution < 1.29 is 8.42 Å². The maximum Gasteiger partial charge on any atom is 0.238 e. The molecule has 16 heavy (non-hydrogen) atoms. The first-order chi connectivity index (χ1) is 7.50. The molecule has 0 bridgehead atoms. The topological polar surface area (TPSA) is 79.0 Å². The number of rotatable bonds is 2. The van der Waals surface area contributed by atoms with Gasteiger partial charge >= 0.3 is 0 Å². The van der Waals surface area contributed by atoms with Crippen LogP contribution >= 0.6 is 0 Å². The molecule has 7 heteroatoms. The van der Waals surface area contributed by atoms with Crippen LogP contribution in [-0.2, 0) is 9.84 Å². The molecule has 6 nitrogen and oxygen atoms in total. The van der Waals surface area contributed by atoms with Crippen LogP contribution in [0.2, 0.25) is 0 Å². The lowest BCUT2D eigenvalue weighted by atomic mass is 10.3. The van der Waals surface area contributed by atoms with Gasteiger partial charge < -0.3 is 10.6 Å². The second kappa shape index (κ2) is 4.15. The van der Waals surface area contributed by atoms with Crippen LogP contribution in [0, 0.1) is 0 Å². The van der Waals surface area contributed by atoms with Crippen LogP contribution < -0.4 is 5.73 Å². The summed E-state index contributed by atoms with van der Waals surface area (Å²) in [6.07, 6.45) is 1.36. The molecule has 0 spiro atoms. The van der Waals surface area contributed by atoms with E-state index in [1.807, 2.05) is 0 Å². The minimum Gasteiger partial charge on any atom is -0.374 e. The number of amidine groups is 1. The fourth-order valence-corrected chi connectivity index (χ4v) is 2.76. The third kappa shape index (κ3) is 2.11. The monoisotopic (exact) mass is 244 g/mol. The molecule has 2 heterocycles. The molecular weight excluding hydrogens is 228 g/mol. The maximum absolute atomic E-state index is 11.7. The van der Waals surface area contributed by atoms with Gasteiger partial charge in [-0.2, -0.15) is 0 Å². The van der Waals surface area contributed by atoms with Crippen molar-refractivity contribution in [2.45, 2.75) is 0 Å². The second-order valence-electron chi connectivity index (χ2n) is 4.15. The molecule has 0 saturated carbocycles. The van der Waals surface area contributed by atoms with E-state index in [-0.39, 0.29) is 5.17 Å². The fourth-order valence-electron chi connectivity index (χ4n) is 1.76. The highest BCUT2D eigenvalue weighted by molar-refractivity contribution is 8.09. The molecule has 0 aromatic heterocycles. The normalized spacial score (nSPS) is 26.6. The smallest absolute Gasteiger partial charge is 0.238 e. The van der Waals surface area contributed by atoms with Gasteiger partial charge in [0.2, 0.25) is 15.0 Å². The van der Waals surface area contributed by atoms with Crippen molar-refractivity contribution >= 4 is 15.0 Å². The largest absolute Gasteiger partial charge is 0.374 e. The van der Waals surface area contributed by atoms with E-state index in [4.69, 9.17) is 5.73 Å². The zero-order valence-electron chi connectivity index (χ0n) is 9.26. The fraction of sp³-hybridized carbons (Fsp3) is 0.667. The standard InChI is InChI=1S/C9H16N4O2S/c1-12-2-4-13(5-3-12)7-8-6-11-9(10)16(8,14)15/h6H,2-5,7H2,1H3,(H2,10,11). The molecule has 2 aliphatic heterocycles. The molecule has 2 rings (SSSR count). The van der Waals surface area contributed by atoms with E-state index in [1.54, 1.807) is 0 Å². The van der Waals surface area contributed by atoms with Gasteiger partial charge in [-0.3, -0.25) is 4.90 Å². The minimum absolute atomic E-state index is 0.281. The minimum atomic E-state index is -3.45. The molecule has 0 radical (unpaired) electrons. The molecule has 2 aliphatic rings. The highest BCUT2D eigenvalue weighted by atomic mass is 32.2. The number of nitrogens with two attached hydrogens (primary N) is 1. The van der Waals surface area contributed by atoms with Crippen molar-refractivity contribution in [2.75, 3.05) is 39.8 Å². The quantitative estimate of drug-likeness (QED) is 0.661. The van der Waals surface area contributed by atoms with Crippen molar-refractivity contribution in [1.29, 1.82) is 0 Å². The molecule has 90 valence electrons. The van der Waals surface area contributed by atoms with Crippen LogP contribution in [0.15, 0.2) is 16.1 Å². The predicted molar refractivity (Wildman–Crippen MR) is 62.6 cm³/mol. The molecule has 1 fully saturated rings. The Morgan fingerprint density at radius 2 is 2.00 bits per heavy atom. The zero-order valence-corrected chi connectivity index (χ0v) is 10.1. The first-order valence-corrected chi connectivity index (χ1v) is 6.67. The summed E-state index contributed by atoms with van der Waals surface area (Å²) in [4.78, 5) is 8.30. The van der Waals surface area contributed by atoms with E-state index < -0.39 is 9.84 Å². The number of nitrogens with zero attached hydrogens (tertiary/aromatic N) is 3. The van der Waals surface area contributed by atoms with Crippen LogP contribution in [0.25, 0.3) is 0 Å². The lowest BCUT2D eigenvalue weighted by Crippen LogP contribution is -2.45. The van der Waals surface area contributed by atoms with Gasteiger partial charge in [0.05, 0.1) is 4.91 Å². The molecular formula is C9H16N4O2S. The Labute approximate surface area is 95.3 Å². The highest BCUT2D eigenvalue weighted by Gasteiger charge is 2.29. The summed E-state index contributed by atoms with van der Waals surface area (Å²) in [6, 6.07) is 0. The number of likely N-dealkylation sites (N-methyl/N-ethyl adjacent to an activating group) is 1. The first-order valence-electron chi connectivity index (χ1n) is 5.18. The van der Waals surface area contributed by atoms with Gasteiger partial charge in [-0.25, -0.2) is 13.4 Å². The Morgan fingerprint density at radius 3 is 2.50 bits per heavy atom. The number of hydrogen-bond acceptors (Lipinski definition) is 6. The molecule has 0 aromatic carbocycles. The SMILES string of the molecule is CN1CCN(CC2=CN=C(N)S2(=O)=O)CC1. The summed E-state index contributed by atoms with van der Waals surface area (Å²) in [7, 11) is -1.39. The van der Waals surface area contributed by atoms with Crippen LogP contribution in [0.3, 0.4) is 0 Å². The molecule has 0 amide bonds. The van der Waals surface area contributed by atoms with Gasteiger partial charge in [-0.05, 0) is 7.05 Å². The zero-order chi connectivity index (χ0) is 11.8. The van der Waals surface area contributed by atoms with Crippen molar-refractivity contribution in [1.82, 2.24) is 9.80 Å². The Bertz CT molecular complexity index is 432. The molecule has 0 aromatic rings. The molecule has 1 saturated heterocycles. The van der Waals surface area contributed by atoms with Gasteiger partial charge in [0.25, 0.3) is 0 Å². The number of hydrogen-bond donors (Lipinski definition) is 1. The first kappa shape index (κ1) is 11.6. The molecule has 0 atom stereocenters. The van der Waals surface area contributed by atoms with Crippen LogP contribution in [0.4, 0.5) is 0 Å². The van der Waals surface area contributed by atoms with Crippen molar-refractivity contribution in [3.05, 3.63) is 11.1 Å². The van der Waals surface area contributed by atoms with E-state index in [0.717, 1.165) is 26.2 Å². The van der Waals surface area contributed by atoms with Crippen LogP contribution in [0.5, 0.6) is 0 Å². The van der Waals surface area contributed by atoms with Crippen molar-refractivity contribution in [2.24, 2.45) is 10.7 Å². The predicted octanol–water partition coefficient (Wildman–Crippen LogP) is -1.18. The van der Waals surface area contributed by atoms with Crippen molar-refractivity contribution in [3.8, 4) is 0 Å². The van der Waals surface area contributed by atoms with E-state index >= 15 is 0 Å². The third-order valence-electron chi connectivity index (χ3n) is 2.93. The lowest BCUT2D eigenvalue weighted by Gasteiger charge is -2.32. The van der Waals surface area contributed by atoms with Gasteiger partial charge in [0, 0.05) is 38.9 Å². The Kier molecular flexibility index (Phi) is 3.00. The Hall–Kier alpha value is -0.920. The average molecular weight is 244 g/mol. The summed E-state index contributed by atoms with van der Waals surface area (Å²) in [5.74, 6) is 0. The van der Waals surface area contributed by atoms with E-state index in [0.29, 0.717) is 11.4 Å². The summed E-state index contributed by atoms with van der Waals surface area (Å²) in [5.41, 5.74) is 5.31. The highest BCUT2D eigenvalue weighted by Crippen LogP contribution is 2.16. The average Bonchev–Trinajstić information content (AvgIpc) is 2.48. The number of aliphatic imine (C=N–C) groups is 1. The lowest BCUT2D eigenvalue weighted by molar-refractivity contribution is 0.165. The summed E-state index contributed by atoms with van der Waals surface area (Å²) < 4.78 is 23.3. The Balaban J connectivity index is 1.98. The van der Waals surface area contributed by atoms with Crippen LogP contribution in [-0.4, -0.2) is 63.2 Å². The molecule has 0 aliphatic carbocycles. The van der Waals surface area contributed by atoms with Crippen LogP contribution in [0.1, 0.15) is 0 Å². The molecule has 0 unspecified atom stereocenters. The van der Waals surface area contributed by atoms with Crippen molar-refractivity contribution in [3.63, 3.8) is 0 Å². The van der Waals surface area contributed by atoms with Gasteiger partial charge in [0.15, 0.2) is 0 Å². The summed E-state index contributed by atoms with van der Waals surface area (Å²) in [5, 5.41) is -0.281. The molecule has 2 N–H and O–H groups in total. The van der Waals surface area contributed by atoms with E-state index in [1.165, 1.54) is 6.20 Å². The van der Waals surface area contributed by atoms with Gasteiger partial charge in [-0.1, -0.05) is 0 Å². The summed E-state index contributed by atoms with van der Waals surface area (Å²) in [6.45, 7) is 4.10. The van der Waals surface area contributed by atoms with Gasteiger partial charge in [0.1, 0.15) is 0 Å². The van der Waals surface area contributed by atoms with Gasteiger partial charge in [-0.15, -0.1) is 0 Å². The number of sulfone groups is 1. The van der Waals surface area contributed by atoms with E-state index in [2.05, 4.69) is 21.8 Å². The van der Waals surface area contributed by atoms with E-state index in [9.17, 15) is 8.42 Å². The third-order valence-corrected chi connectivity index (χ3v) is 4.51. The maximum atomic E-state index is 11.7. The second-order valence-corrected chi connectivity index (χ2v) is 6.10. The number of piperazine rings is 1.